The molecule has 2 atom stereocenters. The molecule has 6 heteroatoms. The largest absolute Gasteiger partial charge is 0.632 e. The molecule has 2 aromatic rings. The van der Waals surface area contributed by atoms with Gasteiger partial charge in [-0.2, -0.15) is 0 Å². The Labute approximate surface area is 144 Å². The summed E-state index contributed by atoms with van der Waals surface area (Å²) in [4.78, 5) is 0. The van der Waals surface area contributed by atoms with Crippen LogP contribution in [0.1, 0.15) is 34.3 Å². The van der Waals surface area contributed by atoms with Crippen LogP contribution >= 0.6 is 0 Å². The molecule has 0 aromatic heterocycles. The van der Waals surface area contributed by atoms with Crippen LogP contribution in [0.25, 0.3) is 0 Å². The highest BCUT2D eigenvalue weighted by molar-refractivity contribution is 5.55. The normalized spacial score (nSPS) is 30.0. The molecule has 0 N–H and O–H groups in total. The van der Waals surface area contributed by atoms with Crippen LogP contribution in [-0.2, 0) is 12.8 Å². The molecule has 2 aromatic carbocycles. The zero-order valence-electron chi connectivity index (χ0n) is 13.8. The molecule has 0 fully saturated rings. The number of nitrogens with zero attached hydrogens (tertiary/aromatic N) is 1. The van der Waals surface area contributed by atoms with Gasteiger partial charge in [-0.25, -0.2) is 0 Å². The van der Waals surface area contributed by atoms with Gasteiger partial charge in [0.1, 0.15) is 12.1 Å². The fraction of sp³-hybridized carbons (Fsp3) is 0.368. The van der Waals surface area contributed by atoms with Crippen molar-refractivity contribution in [3.05, 3.63) is 51.7 Å². The van der Waals surface area contributed by atoms with Crippen LogP contribution in [0.15, 0.2) is 24.3 Å². The van der Waals surface area contributed by atoms with Crippen LogP contribution in [0.3, 0.4) is 0 Å². The van der Waals surface area contributed by atoms with Crippen molar-refractivity contribution < 1.29 is 23.6 Å². The van der Waals surface area contributed by atoms with E-state index in [0.29, 0.717) is 12.8 Å². The minimum atomic E-state index is -0.292. The Morgan fingerprint density at radius 1 is 0.760 bits per heavy atom. The van der Waals surface area contributed by atoms with Crippen molar-refractivity contribution in [1.82, 2.24) is 0 Å². The number of quaternary nitrogens is 1. The summed E-state index contributed by atoms with van der Waals surface area (Å²) in [7, 11) is 1.79. The molecule has 6 rings (SSSR count). The summed E-state index contributed by atoms with van der Waals surface area (Å²) in [6, 6.07) is 7.83. The molecular formula is C19H17NO5. The summed E-state index contributed by atoms with van der Waals surface area (Å²) in [6.45, 7) is 0.495. The Kier molecular flexibility index (Phi) is 2.42. The average Bonchev–Trinajstić information content (AvgIpc) is 3.21. The number of hydrogen-bond acceptors (Lipinski definition) is 5. The van der Waals surface area contributed by atoms with Gasteiger partial charge in [0.25, 0.3) is 0 Å². The number of fused-ring (bicyclic) bond motifs is 8. The molecule has 2 unspecified atom stereocenters. The van der Waals surface area contributed by atoms with Crippen LogP contribution < -0.4 is 18.9 Å². The van der Waals surface area contributed by atoms with Crippen molar-refractivity contribution in [3.8, 4) is 23.0 Å². The van der Waals surface area contributed by atoms with Crippen LogP contribution in [-0.4, -0.2) is 25.3 Å². The quantitative estimate of drug-likeness (QED) is 0.545. The third kappa shape index (κ3) is 1.70. The molecule has 0 radical (unpaired) electrons. The van der Waals surface area contributed by atoms with Gasteiger partial charge >= 0.3 is 0 Å². The molecule has 0 saturated heterocycles. The predicted octanol–water partition coefficient (Wildman–Crippen LogP) is 2.98. The monoisotopic (exact) mass is 339 g/mol. The van der Waals surface area contributed by atoms with Gasteiger partial charge in [0.2, 0.25) is 13.6 Å². The van der Waals surface area contributed by atoms with E-state index >= 15 is 0 Å². The third-order valence-corrected chi connectivity index (χ3v) is 6.05. The summed E-state index contributed by atoms with van der Waals surface area (Å²) >= 11 is 0. The van der Waals surface area contributed by atoms with Crippen molar-refractivity contribution in [3.63, 3.8) is 0 Å². The van der Waals surface area contributed by atoms with Gasteiger partial charge in [-0.15, -0.1) is 0 Å². The van der Waals surface area contributed by atoms with E-state index in [1.807, 2.05) is 12.1 Å². The van der Waals surface area contributed by atoms with Crippen LogP contribution in [0, 0.1) is 5.21 Å². The number of rotatable bonds is 0. The maximum atomic E-state index is 13.6. The molecule has 0 aliphatic carbocycles. The predicted molar refractivity (Wildman–Crippen MR) is 87.6 cm³/mol. The van der Waals surface area contributed by atoms with Gasteiger partial charge < -0.3 is 28.8 Å². The lowest BCUT2D eigenvalue weighted by molar-refractivity contribution is -0.927. The topological polar surface area (TPSA) is 60.0 Å². The second-order valence-electron chi connectivity index (χ2n) is 7.31. The van der Waals surface area contributed by atoms with E-state index in [0.717, 1.165) is 34.1 Å². The number of hydroxylamine groups is 3. The van der Waals surface area contributed by atoms with E-state index < -0.39 is 0 Å². The van der Waals surface area contributed by atoms with Crippen LogP contribution in [0.5, 0.6) is 23.0 Å². The third-order valence-electron chi connectivity index (χ3n) is 6.05. The Morgan fingerprint density at radius 2 is 1.16 bits per heavy atom. The Hall–Kier alpha value is -2.44. The van der Waals surface area contributed by atoms with Crippen molar-refractivity contribution in [2.45, 2.75) is 24.9 Å². The maximum Gasteiger partial charge on any atom is 0.231 e. The number of likely N-dealkylation sites (N-methyl/N-ethyl adjacent to an activating group) is 1. The highest BCUT2D eigenvalue weighted by Crippen LogP contribution is 2.54. The minimum Gasteiger partial charge on any atom is -0.632 e. The Balaban J connectivity index is 1.54. The van der Waals surface area contributed by atoms with Gasteiger partial charge in [-0.3, -0.25) is 0 Å². The van der Waals surface area contributed by atoms with E-state index in [9.17, 15) is 5.21 Å². The first-order valence-corrected chi connectivity index (χ1v) is 8.53. The smallest absolute Gasteiger partial charge is 0.231 e. The molecule has 0 saturated carbocycles. The Morgan fingerprint density at radius 3 is 1.60 bits per heavy atom. The van der Waals surface area contributed by atoms with Crippen molar-refractivity contribution in [1.29, 1.82) is 0 Å². The van der Waals surface area contributed by atoms with Gasteiger partial charge in [0.05, 0.1) is 7.05 Å². The molecule has 2 bridgehead atoms. The molecule has 128 valence electrons. The first-order chi connectivity index (χ1) is 12.1. The van der Waals surface area contributed by atoms with E-state index in [-0.39, 0.29) is 30.3 Å². The molecule has 25 heavy (non-hydrogen) atoms. The Bertz CT molecular complexity index is 849. The standard InChI is InChI=1S/C19H17NO5/c1-20(21)14-2-10-4-16-18(24-8-22-16)6-12(10)15(20)3-11-5-17-19(7-13(11)14)25-9-23-17/h4-7,14-15H,2-3,8-9H2,1H3. The van der Waals surface area contributed by atoms with Crippen molar-refractivity contribution in [2.75, 3.05) is 20.6 Å². The maximum absolute atomic E-state index is 13.6. The van der Waals surface area contributed by atoms with Gasteiger partial charge in [0.15, 0.2) is 23.0 Å². The van der Waals surface area contributed by atoms with Crippen LogP contribution in [0.4, 0.5) is 0 Å². The van der Waals surface area contributed by atoms with Crippen molar-refractivity contribution >= 4 is 0 Å². The second kappa shape index (κ2) is 4.39. The first-order valence-electron chi connectivity index (χ1n) is 8.53. The fourth-order valence-corrected chi connectivity index (χ4v) is 4.74. The molecule has 0 spiro atoms. The summed E-state index contributed by atoms with van der Waals surface area (Å²) in [6.07, 6.45) is 1.38. The van der Waals surface area contributed by atoms with E-state index in [2.05, 4.69) is 12.1 Å². The second-order valence-corrected chi connectivity index (χ2v) is 7.31. The van der Waals surface area contributed by atoms with Gasteiger partial charge in [-0.1, -0.05) is 0 Å². The lowest BCUT2D eigenvalue weighted by Crippen LogP contribution is -2.52. The summed E-state index contributed by atoms with van der Waals surface area (Å²) in [5.41, 5.74) is 4.55. The zero-order chi connectivity index (χ0) is 16.8. The first kappa shape index (κ1) is 13.8. The molecule has 4 aliphatic rings. The lowest BCUT2D eigenvalue weighted by atomic mass is 9.76. The van der Waals surface area contributed by atoms with E-state index in [1.54, 1.807) is 7.05 Å². The van der Waals surface area contributed by atoms with E-state index in [4.69, 9.17) is 18.9 Å². The SMILES string of the molecule is C[N+]1([O-])C2Cc3cc4c(cc3C1Cc1cc3c(cc12)OCO3)OCO4. The number of hydrogen-bond donors (Lipinski definition) is 0. The van der Waals surface area contributed by atoms with Crippen LogP contribution in [0.2, 0.25) is 0 Å². The van der Waals surface area contributed by atoms with E-state index in [1.165, 1.54) is 11.1 Å². The molecular weight excluding hydrogens is 322 g/mol. The number of benzene rings is 2. The zero-order valence-corrected chi connectivity index (χ0v) is 13.8. The highest BCUT2D eigenvalue weighted by atomic mass is 16.7. The summed E-state index contributed by atoms with van der Waals surface area (Å²) in [5, 5.41) is 13.6. The van der Waals surface area contributed by atoms with Gasteiger partial charge in [-0.05, 0) is 35.4 Å². The lowest BCUT2D eigenvalue weighted by Gasteiger charge is -2.57. The van der Waals surface area contributed by atoms with Gasteiger partial charge in [0, 0.05) is 24.0 Å². The molecule has 6 nitrogen and oxygen atoms in total. The average molecular weight is 339 g/mol. The molecule has 4 heterocycles. The fourth-order valence-electron chi connectivity index (χ4n) is 4.74. The van der Waals surface area contributed by atoms with Crippen molar-refractivity contribution in [2.24, 2.45) is 0 Å². The molecule has 4 aliphatic heterocycles. The summed E-state index contributed by atoms with van der Waals surface area (Å²) < 4.78 is 21.8. The highest BCUT2D eigenvalue weighted by Gasteiger charge is 2.47. The molecule has 0 amide bonds. The minimum absolute atomic E-state index is 0.142. The summed E-state index contributed by atoms with van der Waals surface area (Å²) in [5.74, 6) is 3.05. The number of ether oxygens (including phenoxy) is 4.